The highest BCUT2D eigenvalue weighted by Gasteiger charge is 2.44. The summed E-state index contributed by atoms with van der Waals surface area (Å²) in [7, 11) is -1.74. The number of nitro groups is 1. The van der Waals surface area contributed by atoms with Crippen molar-refractivity contribution in [1.29, 1.82) is 0 Å². The average Bonchev–Trinajstić information content (AvgIpc) is 2.96. The molecule has 0 radical (unpaired) electrons. The summed E-state index contributed by atoms with van der Waals surface area (Å²) < 4.78 is 2.49. The van der Waals surface area contributed by atoms with E-state index in [4.69, 9.17) is 0 Å². The standard InChI is InChI=1S/C19H28N2O2Si/c1-14(2)24(15(3)4,16(5)6)20-12-11-18(13-20)17-7-9-19(10-8-17)21(22)23/h7-16H,1-6H3. The van der Waals surface area contributed by atoms with Gasteiger partial charge in [-0.1, -0.05) is 41.5 Å². The minimum atomic E-state index is -1.74. The van der Waals surface area contributed by atoms with Crippen molar-refractivity contribution in [2.24, 2.45) is 0 Å². The Morgan fingerprint density at radius 1 is 0.875 bits per heavy atom. The first-order chi connectivity index (χ1) is 11.2. The van der Waals surface area contributed by atoms with Crippen molar-refractivity contribution < 1.29 is 4.92 Å². The van der Waals surface area contributed by atoms with Crippen LogP contribution in [0.25, 0.3) is 11.1 Å². The molecule has 0 unspecified atom stereocenters. The fraction of sp³-hybridized carbons (Fsp3) is 0.474. The number of hydrogen-bond donors (Lipinski definition) is 0. The van der Waals surface area contributed by atoms with Crippen molar-refractivity contribution in [3.63, 3.8) is 0 Å². The molecule has 0 saturated heterocycles. The molecule has 2 aromatic rings. The third kappa shape index (κ3) is 3.05. The number of rotatable bonds is 6. The Balaban J connectivity index is 2.46. The molecule has 24 heavy (non-hydrogen) atoms. The van der Waals surface area contributed by atoms with Gasteiger partial charge in [0.2, 0.25) is 0 Å². The Morgan fingerprint density at radius 3 is 1.79 bits per heavy atom. The minimum absolute atomic E-state index is 0.133. The Bertz CT molecular complexity index is 681. The highest BCUT2D eigenvalue weighted by atomic mass is 28.3. The predicted octanol–water partition coefficient (Wildman–Crippen LogP) is 6.09. The number of non-ortho nitro benzene ring substituents is 1. The van der Waals surface area contributed by atoms with Crippen LogP contribution in [0.3, 0.4) is 0 Å². The number of nitrogens with zero attached hydrogens (tertiary/aromatic N) is 2. The van der Waals surface area contributed by atoms with E-state index in [1.54, 1.807) is 12.1 Å². The number of hydrogen-bond acceptors (Lipinski definition) is 2. The second kappa shape index (κ2) is 6.93. The first kappa shape index (κ1) is 18.5. The molecule has 0 bridgehead atoms. The van der Waals surface area contributed by atoms with Gasteiger partial charge in [-0.05, 0) is 52.1 Å². The summed E-state index contributed by atoms with van der Waals surface area (Å²) in [6.07, 6.45) is 4.45. The SMILES string of the molecule is CC(C)[Si](C(C)C)(C(C)C)n1ccc(-c2ccc([N+](=O)[O-])cc2)c1. The lowest BCUT2D eigenvalue weighted by Gasteiger charge is -2.44. The van der Waals surface area contributed by atoms with Crippen LogP contribution < -0.4 is 0 Å². The Kier molecular flexibility index (Phi) is 5.33. The van der Waals surface area contributed by atoms with Gasteiger partial charge in [-0.3, -0.25) is 10.1 Å². The molecule has 0 N–H and O–H groups in total. The van der Waals surface area contributed by atoms with Crippen molar-refractivity contribution in [3.8, 4) is 11.1 Å². The zero-order valence-electron chi connectivity index (χ0n) is 15.5. The normalized spacial score (nSPS) is 12.4. The lowest BCUT2D eigenvalue weighted by atomic mass is 10.1. The molecule has 130 valence electrons. The minimum Gasteiger partial charge on any atom is -0.379 e. The average molecular weight is 345 g/mol. The van der Waals surface area contributed by atoms with Crippen LogP contribution in [0.4, 0.5) is 5.69 Å². The van der Waals surface area contributed by atoms with Gasteiger partial charge < -0.3 is 4.23 Å². The van der Waals surface area contributed by atoms with Crippen LogP contribution in [0.2, 0.25) is 16.6 Å². The van der Waals surface area contributed by atoms with Crippen molar-refractivity contribution >= 4 is 13.9 Å². The molecule has 0 aliphatic rings. The molecule has 0 aliphatic heterocycles. The van der Waals surface area contributed by atoms with Gasteiger partial charge in [0.1, 0.15) is 0 Å². The summed E-state index contributed by atoms with van der Waals surface area (Å²) in [5, 5.41) is 10.8. The van der Waals surface area contributed by atoms with Gasteiger partial charge in [0.25, 0.3) is 5.69 Å². The molecule has 0 saturated carbocycles. The van der Waals surface area contributed by atoms with Crippen LogP contribution in [0.1, 0.15) is 41.5 Å². The Morgan fingerprint density at radius 2 is 1.38 bits per heavy atom. The maximum atomic E-state index is 10.8. The zero-order chi connectivity index (χ0) is 18.1. The van der Waals surface area contributed by atoms with E-state index in [1.807, 2.05) is 12.1 Å². The highest BCUT2D eigenvalue weighted by molar-refractivity contribution is 6.82. The summed E-state index contributed by atoms with van der Waals surface area (Å²) in [6.45, 7) is 14.1. The topological polar surface area (TPSA) is 48.1 Å². The molecule has 0 atom stereocenters. The van der Waals surface area contributed by atoms with Crippen LogP contribution in [0.5, 0.6) is 0 Å². The van der Waals surface area contributed by atoms with E-state index >= 15 is 0 Å². The van der Waals surface area contributed by atoms with E-state index in [0.29, 0.717) is 16.6 Å². The quantitative estimate of drug-likeness (QED) is 0.362. The lowest BCUT2D eigenvalue weighted by Crippen LogP contribution is -2.51. The van der Waals surface area contributed by atoms with Gasteiger partial charge in [0.05, 0.1) is 4.92 Å². The van der Waals surface area contributed by atoms with Gasteiger partial charge in [-0.15, -0.1) is 0 Å². The van der Waals surface area contributed by atoms with Crippen LogP contribution in [-0.2, 0) is 0 Å². The molecule has 0 aliphatic carbocycles. The molecule has 0 fully saturated rings. The van der Waals surface area contributed by atoms with E-state index in [9.17, 15) is 10.1 Å². The predicted molar refractivity (Wildman–Crippen MR) is 103 cm³/mol. The number of benzene rings is 1. The van der Waals surface area contributed by atoms with E-state index in [-0.39, 0.29) is 10.6 Å². The summed E-state index contributed by atoms with van der Waals surface area (Å²) in [5.41, 5.74) is 4.19. The van der Waals surface area contributed by atoms with E-state index in [2.05, 4.69) is 64.2 Å². The van der Waals surface area contributed by atoms with Gasteiger partial charge in [-0.2, -0.15) is 0 Å². The third-order valence-corrected chi connectivity index (χ3v) is 12.0. The van der Waals surface area contributed by atoms with Crippen molar-refractivity contribution in [2.75, 3.05) is 0 Å². The molecule has 0 amide bonds. The van der Waals surface area contributed by atoms with Gasteiger partial charge >= 0.3 is 0 Å². The fourth-order valence-corrected chi connectivity index (χ4v) is 11.0. The largest absolute Gasteiger partial charge is 0.379 e. The van der Waals surface area contributed by atoms with E-state index in [1.165, 1.54) is 0 Å². The van der Waals surface area contributed by atoms with Crippen LogP contribution >= 0.6 is 0 Å². The molecule has 1 aromatic heterocycles. The van der Waals surface area contributed by atoms with Crippen molar-refractivity contribution in [1.82, 2.24) is 4.23 Å². The van der Waals surface area contributed by atoms with E-state index in [0.717, 1.165) is 11.1 Å². The van der Waals surface area contributed by atoms with Crippen LogP contribution in [0, 0.1) is 10.1 Å². The highest BCUT2D eigenvalue weighted by Crippen LogP contribution is 2.43. The summed E-state index contributed by atoms with van der Waals surface area (Å²) >= 11 is 0. The monoisotopic (exact) mass is 344 g/mol. The number of nitro benzene ring substituents is 1. The molecule has 1 heterocycles. The maximum Gasteiger partial charge on any atom is 0.269 e. The molecule has 2 rings (SSSR count). The van der Waals surface area contributed by atoms with Gasteiger partial charge in [0.15, 0.2) is 8.24 Å². The van der Waals surface area contributed by atoms with E-state index < -0.39 is 8.24 Å². The molecule has 1 aromatic carbocycles. The Hall–Kier alpha value is -1.88. The second-order valence-corrected chi connectivity index (χ2v) is 13.2. The first-order valence-electron chi connectivity index (χ1n) is 8.64. The smallest absolute Gasteiger partial charge is 0.269 e. The fourth-order valence-electron chi connectivity index (χ4n) is 4.48. The summed E-state index contributed by atoms with van der Waals surface area (Å²) in [4.78, 5) is 10.5. The van der Waals surface area contributed by atoms with Gasteiger partial charge in [-0.25, -0.2) is 0 Å². The van der Waals surface area contributed by atoms with Crippen molar-refractivity contribution in [3.05, 3.63) is 52.8 Å². The Labute approximate surface area is 145 Å². The summed E-state index contributed by atoms with van der Waals surface area (Å²) in [6, 6.07) is 8.95. The van der Waals surface area contributed by atoms with Gasteiger partial charge in [0, 0.05) is 18.3 Å². The third-order valence-electron chi connectivity index (χ3n) is 5.33. The van der Waals surface area contributed by atoms with Crippen LogP contribution in [-0.4, -0.2) is 17.4 Å². The first-order valence-corrected chi connectivity index (χ1v) is 10.8. The second-order valence-electron chi connectivity index (χ2n) is 7.46. The number of aromatic nitrogens is 1. The summed E-state index contributed by atoms with van der Waals surface area (Å²) in [5.74, 6) is 0. The van der Waals surface area contributed by atoms with Crippen LogP contribution in [0.15, 0.2) is 42.7 Å². The molecule has 4 nitrogen and oxygen atoms in total. The lowest BCUT2D eigenvalue weighted by molar-refractivity contribution is -0.384. The van der Waals surface area contributed by atoms with Crippen molar-refractivity contribution in [2.45, 2.75) is 58.2 Å². The maximum absolute atomic E-state index is 10.8. The molecular weight excluding hydrogens is 316 g/mol. The zero-order valence-corrected chi connectivity index (χ0v) is 16.5. The molecular formula is C19H28N2O2Si. The molecule has 5 heteroatoms. The molecule has 0 spiro atoms.